The maximum atomic E-state index is 12.6. The highest BCUT2D eigenvalue weighted by atomic mass is 19.4. The maximum absolute atomic E-state index is 12.6. The predicted molar refractivity (Wildman–Crippen MR) is 75.6 cm³/mol. The van der Waals surface area contributed by atoms with Gasteiger partial charge in [0.25, 0.3) is 5.91 Å². The average Bonchev–Trinajstić information content (AvgIpc) is 2.83. The van der Waals surface area contributed by atoms with Gasteiger partial charge in [-0.3, -0.25) is 9.36 Å². The molecule has 0 aliphatic rings. The van der Waals surface area contributed by atoms with E-state index in [1.807, 2.05) is 13.0 Å². The van der Waals surface area contributed by atoms with E-state index >= 15 is 0 Å². The number of carbonyl (C=O) groups excluding carboxylic acids is 1. The van der Waals surface area contributed by atoms with Gasteiger partial charge in [-0.15, -0.1) is 0 Å². The molecule has 0 N–H and O–H groups in total. The lowest BCUT2D eigenvalue weighted by Gasteiger charge is -2.08. The lowest BCUT2D eigenvalue weighted by atomic mass is 10.1. The second kappa shape index (κ2) is 4.98. The van der Waals surface area contributed by atoms with Crippen molar-refractivity contribution in [3.05, 3.63) is 65.5 Å². The third-order valence-electron chi connectivity index (χ3n) is 3.44. The van der Waals surface area contributed by atoms with E-state index in [-0.39, 0.29) is 5.56 Å². The van der Waals surface area contributed by atoms with Gasteiger partial charge in [0.2, 0.25) is 0 Å². The molecule has 2 heterocycles. The van der Waals surface area contributed by atoms with E-state index in [0.717, 1.165) is 23.1 Å². The number of benzene rings is 1. The molecule has 1 aromatic carbocycles. The second-order valence-electron chi connectivity index (χ2n) is 4.94. The summed E-state index contributed by atoms with van der Waals surface area (Å²) in [4.78, 5) is 16.6. The van der Waals surface area contributed by atoms with E-state index in [9.17, 15) is 18.0 Å². The van der Waals surface area contributed by atoms with Gasteiger partial charge in [-0.05, 0) is 48.9 Å². The minimum atomic E-state index is -4.42. The lowest BCUT2D eigenvalue weighted by molar-refractivity contribution is -0.137. The Hall–Kier alpha value is -2.63. The van der Waals surface area contributed by atoms with Crippen molar-refractivity contribution in [3.63, 3.8) is 0 Å². The molecule has 0 aliphatic heterocycles. The molecule has 0 amide bonds. The van der Waals surface area contributed by atoms with Crippen LogP contribution in [0.25, 0.3) is 11.0 Å². The third-order valence-corrected chi connectivity index (χ3v) is 3.44. The van der Waals surface area contributed by atoms with Crippen LogP contribution in [0.15, 0.2) is 48.8 Å². The Morgan fingerprint density at radius 2 is 1.82 bits per heavy atom. The highest BCUT2D eigenvalue weighted by Crippen LogP contribution is 2.29. The van der Waals surface area contributed by atoms with Crippen molar-refractivity contribution < 1.29 is 18.0 Å². The van der Waals surface area contributed by atoms with Crippen LogP contribution in [-0.2, 0) is 6.18 Å². The average molecular weight is 304 g/mol. The third kappa shape index (κ3) is 2.36. The van der Waals surface area contributed by atoms with Gasteiger partial charge in [0.1, 0.15) is 5.65 Å². The first-order chi connectivity index (χ1) is 10.4. The molecule has 0 radical (unpaired) electrons. The zero-order valence-electron chi connectivity index (χ0n) is 11.6. The summed E-state index contributed by atoms with van der Waals surface area (Å²) in [6.45, 7) is 1.85. The number of hydrogen-bond donors (Lipinski definition) is 0. The molecule has 0 unspecified atom stereocenters. The largest absolute Gasteiger partial charge is 0.416 e. The summed E-state index contributed by atoms with van der Waals surface area (Å²) in [7, 11) is 0. The van der Waals surface area contributed by atoms with Gasteiger partial charge in [-0.25, -0.2) is 4.98 Å². The highest BCUT2D eigenvalue weighted by Gasteiger charge is 2.30. The fourth-order valence-electron chi connectivity index (χ4n) is 2.32. The number of aryl methyl sites for hydroxylation is 1. The quantitative estimate of drug-likeness (QED) is 0.679. The van der Waals surface area contributed by atoms with Crippen LogP contribution in [0.5, 0.6) is 0 Å². The molecule has 0 fully saturated rings. The lowest BCUT2D eigenvalue weighted by Crippen LogP contribution is -2.12. The van der Waals surface area contributed by atoms with Crippen LogP contribution in [-0.4, -0.2) is 15.5 Å². The molecule has 3 rings (SSSR count). The Morgan fingerprint density at radius 1 is 1.14 bits per heavy atom. The first kappa shape index (κ1) is 14.3. The monoisotopic (exact) mass is 304 g/mol. The van der Waals surface area contributed by atoms with Gasteiger partial charge in [0.05, 0.1) is 5.56 Å². The molecular weight excluding hydrogens is 293 g/mol. The van der Waals surface area contributed by atoms with Crippen molar-refractivity contribution in [3.8, 4) is 0 Å². The van der Waals surface area contributed by atoms with E-state index < -0.39 is 17.6 Å². The highest BCUT2D eigenvalue weighted by molar-refractivity contribution is 6.01. The number of carbonyl (C=O) groups is 1. The minimum absolute atomic E-state index is 0.176. The standard InChI is InChI=1S/C16H11F3N2O/c1-10-9-21(14-13(10)3-2-8-20-14)15(22)11-4-6-12(7-5-11)16(17,18)19/h2-9H,1H3. The topological polar surface area (TPSA) is 34.9 Å². The number of fused-ring (bicyclic) bond motifs is 1. The van der Waals surface area contributed by atoms with E-state index in [2.05, 4.69) is 4.98 Å². The van der Waals surface area contributed by atoms with Gasteiger partial charge >= 0.3 is 6.18 Å². The van der Waals surface area contributed by atoms with Crippen LogP contribution in [0.1, 0.15) is 21.5 Å². The Bertz CT molecular complexity index is 848. The van der Waals surface area contributed by atoms with Crippen LogP contribution in [0.3, 0.4) is 0 Å². The van der Waals surface area contributed by atoms with Gasteiger partial charge < -0.3 is 0 Å². The second-order valence-corrected chi connectivity index (χ2v) is 4.94. The molecule has 6 heteroatoms. The Balaban J connectivity index is 2.03. The zero-order chi connectivity index (χ0) is 15.9. The van der Waals surface area contributed by atoms with Crippen molar-refractivity contribution in [2.45, 2.75) is 13.1 Å². The maximum Gasteiger partial charge on any atom is 0.416 e. The summed E-state index contributed by atoms with van der Waals surface area (Å²) in [5.74, 6) is -0.412. The molecular formula is C16H11F3N2O. The number of aromatic nitrogens is 2. The van der Waals surface area contributed by atoms with Crippen LogP contribution in [0.2, 0.25) is 0 Å². The number of nitrogens with zero attached hydrogens (tertiary/aromatic N) is 2. The fraction of sp³-hybridized carbons (Fsp3) is 0.125. The van der Waals surface area contributed by atoms with E-state index in [4.69, 9.17) is 0 Å². The molecule has 3 nitrogen and oxygen atoms in total. The molecule has 112 valence electrons. The number of alkyl halides is 3. The number of pyridine rings is 1. The van der Waals surface area contributed by atoms with Crippen molar-refractivity contribution in [1.82, 2.24) is 9.55 Å². The Kier molecular flexibility index (Phi) is 3.24. The zero-order valence-corrected chi connectivity index (χ0v) is 11.6. The first-order valence-corrected chi connectivity index (χ1v) is 6.52. The molecule has 3 aromatic rings. The van der Waals surface area contributed by atoms with Crippen molar-refractivity contribution in [2.75, 3.05) is 0 Å². The molecule has 0 aliphatic carbocycles. The van der Waals surface area contributed by atoms with Crippen molar-refractivity contribution in [1.29, 1.82) is 0 Å². The van der Waals surface area contributed by atoms with Gasteiger partial charge in [0.15, 0.2) is 0 Å². The first-order valence-electron chi connectivity index (χ1n) is 6.52. The summed E-state index contributed by atoms with van der Waals surface area (Å²) < 4.78 is 39.0. The summed E-state index contributed by atoms with van der Waals surface area (Å²) in [5, 5.41) is 0.836. The SMILES string of the molecule is Cc1cn(C(=O)c2ccc(C(F)(F)F)cc2)c2ncccc12. The normalized spacial score (nSPS) is 11.8. The molecule has 0 spiro atoms. The van der Waals surface area contributed by atoms with Gasteiger partial charge in [0, 0.05) is 23.3 Å². The van der Waals surface area contributed by atoms with Crippen LogP contribution in [0.4, 0.5) is 13.2 Å². The van der Waals surface area contributed by atoms with E-state index in [1.165, 1.54) is 16.7 Å². The summed E-state index contributed by atoms with van der Waals surface area (Å²) in [6.07, 6.45) is -1.21. The molecule has 0 bridgehead atoms. The molecule has 0 saturated carbocycles. The smallest absolute Gasteiger partial charge is 0.268 e. The van der Waals surface area contributed by atoms with E-state index in [0.29, 0.717) is 5.65 Å². The molecule has 2 aromatic heterocycles. The van der Waals surface area contributed by atoms with Crippen LogP contribution in [0, 0.1) is 6.92 Å². The fourth-order valence-corrected chi connectivity index (χ4v) is 2.32. The Labute approximate surface area is 124 Å². The number of halogens is 3. The van der Waals surface area contributed by atoms with Gasteiger partial charge in [-0.2, -0.15) is 13.2 Å². The van der Waals surface area contributed by atoms with E-state index in [1.54, 1.807) is 18.5 Å². The van der Waals surface area contributed by atoms with Gasteiger partial charge in [-0.1, -0.05) is 0 Å². The number of hydrogen-bond acceptors (Lipinski definition) is 2. The molecule has 0 saturated heterocycles. The van der Waals surface area contributed by atoms with Crippen molar-refractivity contribution >= 4 is 16.9 Å². The summed E-state index contributed by atoms with van der Waals surface area (Å²) >= 11 is 0. The molecule has 0 atom stereocenters. The minimum Gasteiger partial charge on any atom is -0.268 e. The number of rotatable bonds is 1. The summed E-state index contributed by atoms with van der Waals surface area (Å²) in [6, 6.07) is 7.76. The van der Waals surface area contributed by atoms with Crippen molar-refractivity contribution in [2.24, 2.45) is 0 Å². The van der Waals surface area contributed by atoms with Crippen LogP contribution >= 0.6 is 0 Å². The van der Waals surface area contributed by atoms with Crippen LogP contribution < -0.4 is 0 Å². The summed E-state index contributed by atoms with van der Waals surface area (Å²) in [5.41, 5.74) is 0.763. The Morgan fingerprint density at radius 3 is 2.45 bits per heavy atom. The molecule has 22 heavy (non-hydrogen) atoms. The predicted octanol–water partition coefficient (Wildman–Crippen LogP) is 4.05.